The van der Waals surface area contributed by atoms with E-state index in [9.17, 15) is 0 Å². The number of benzene rings is 2. The highest BCUT2D eigenvalue weighted by atomic mass is 16.5. The van der Waals surface area contributed by atoms with Crippen LogP contribution >= 0.6 is 0 Å². The minimum Gasteiger partial charge on any atom is -0.493 e. The molecule has 134 valence electrons. The Hall–Kier alpha value is -2.40. The summed E-state index contributed by atoms with van der Waals surface area (Å²) < 4.78 is 21.7. The first-order valence-electron chi connectivity index (χ1n) is 8.39. The SMILES string of the molecule is COc1ccc(CC2NCCc3cc(OC)c(OC)cc32)cc1OC. The van der Waals surface area contributed by atoms with Crippen LogP contribution in [0.25, 0.3) is 0 Å². The van der Waals surface area contributed by atoms with Gasteiger partial charge in [-0.15, -0.1) is 0 Å². The molecule has 1 aliphatic heterocycles. The van der Waals surface area contributed by atoms with E-state index in [4.69, 9.17) is 18.9 Å². The van der Waals surface area contributed by atoms with Gasteiger partial charge in [-0.1, -0.05) is 6.07 Å². The van der Waals surface area contributed by atoms with Gasteiger partial charge in [-0.25, -0.2) is 0 Å². The molecule has 0 aliphatic carbocycles. The fourth-order valence-corrected chi connectivity index (χ4v) is 3.39. The Morgan fingerprint density at radius 2 is 1.48 bits per heavy atom. The molecule has 5 nitrogen and oxygen atoms in total. The topological polar surface area (TPSA) is 49.0 Å². The van der Waals surface area contributed by atoms with E-state index >= 15 is 0 Å². The molecular weight excluding hydrogens is 318 g/mol. The molecule has 0 spiro atoms. The lowest BCUT2D eigenvalue weighted by molar-refractivity contribution is 0.351. The van der Waals surface area contributed by atoms with E-state index in [0.29, 0.717) is 0 Å². The van der Waals surface area contributed by atoms with E-state index in [1.807, 2.05) is 12.1 Å². The van der Waals surface area contributed by atoms with Crippen LogP contribution < -0.4 is 24.3 Å². The van der Waals surface area contributed by atoms with Gasteiger partial charge in [0, 0.05) is 6.04 Å². The molecule has 1 unspecified atom stereocenters. The molecule has 0 bridgehead atoms. The molecule has 25 heavy (non-hydrogen) atoms. The summed E-state index contributed by atoms with van der Waals surface area (Å²) in [6.07, 6.45) is 1.85. The minimum absolute atomic E-state index is 0.224. The summed E-state index contributed by atoms with van der Waals surface area (Å²) in [6.45, 7) is 0.945. The molecule has 0 radical (unpaired) electrons. The van der Waals surface area contributed by atoms with Gasteiger partial charge in [0.25, 0.3) is 0 Å². The maximum atomic E-state index is 5.48. The summed E-state index contributed by atoms with van der Waals surface area (Å²) >= 11 is 0. The third kappa shape index (κ3) is 3.51. The number of rotatable bonds is 6. The zero-order valence-electron chi connectivity index (χ0n) is 15.2. The first-order valence-corrected chi connectivity index (χ1v) is 8.39. The molecular formula is C20H25NO4. The summed E-state index contributed by atoms with van der Waals surface area (Å²) in [7, 11) is 6.65. The Kier molecular flexibility index (Phi) is 5.34. The van der Waals surface area contributed by atoms with Gasteiger partial charge >= 0.3 is 0 Å². The molecule has 0 saturated heterocycles. The molecule has 0 saturated carbocycles. The monoisotopic (exact) mass is 343 g/mol. The zero-order valence-corrected chi connectivity index (χ0v) is 15.2. The Labute approximate surface area is 148 Å². The molecule has 5 heteroatoms. The minimum atomic E-state index is 0.224. The summed E-state index contributed by atoms with van der Waals surface area (Å²) in [5.41, 5.74) is 3.76. The van der Waals surface area contributed by atoms with Crippen molar-refractivity contribution in [2.45, 2.75) is 18.9 Å². The normalized spacial score (nSPS) is 16.1. The van der Waals surface area contributed by atoms with Crippen molar-refractivity contribution in [3.05, 3.63) is 47.0 Å². The van der Waals surface area contributed by atoms with Gasteiger partial charge in [0.05, 0.1) is 28.4 Å². The van der Waals surface area contributed by atoms with Crippen LogP contribution in [-0.4, -0.2) is 35.0 Å². The van der Waals surface area contributed by atoms with Crippen LogP contribution in [0.4, 0.5) is 0 Å². The van der Waals surface area contributed by atoms with E-state index < -0.39 is 0 Å². The second-order valence-electron chi connectivity index (χ2n) is 6.06. The van der Waals surface area contributed by atoms with Gasteiger partial charge in [-0.3, -0.25) is 0 Å². The molecule has 0 fully saturated rings. The average Bonchev–Trinajstić information content (AvgIpc) is 2.66. The second-order valence-corrected chi connectivity index (χ2v) is 6.06. The molecule has 1 N–H and O–H groups in total. The van der Waals surface area contributed by atoms with E-state index in [2.05, 4.69) is 23.5 Å². The van der Waals surface area contributed by atoms with Crippen LogP contribution in [0.2, 0.25) is 0 Å². The van der Waals surface area contributed by atoms with Crippen molar-refractivity contribution in [3.63, 3.8) is 0 Å². The highest BCUT2D eigenvalue weighted by Gasteiger charge is 2.23. The zero-order chi connectivity index (χ0) is 17.8. The predicted molar refractivity (Wildman–Crippen MR) is 97.2 cm³/mol. The third-order valence-corrected chi connectivity index (χ3v) is 4.69. The van der Waals surface area contributed by atoms with Gasteiger partial charge in [0.2, 0.25) is 0 Å². The highest BCUT2D eigenvalue weighted by Crippen LogP contribution is 2.37. The van der Waals surface area contributed by atoms with Crippen molar-refractivity contribution < 1.29 is 18.9 Å². The fourth-order valence-electron chi connectivity index (χ4n) is 3.39. The predicted octanol–water partition coefficient (Wildman–Crippen LogP) is 3.15. The summed E-state index contributed by atoms with van der Waals surface area (Å²) in [5, 5.41) is 3.61. The van der Waals surface area contributed by atoms with Crippen LogP contribution in [0.15, 0.2) is 30.3 Å². The quantitative estimate of drug-likeness (QED) is 0.873. The van der Waals surface area contributed by atoms with Crippen LogP contribution in [0.1, 0.15) is 22.7 Å². The molecule has 1 aliphatic rings. The van der Waals surface area contributed by atoms with Crippen molar-refractivity contribution >= 4 is 0 Å². The highest BCUT2D eigenvalue weighted by molar-refractivity contribution is 5.50. The van der Waals surface area contributed by atoms with Gasteiger partial charge in [0.15, 0.2) is 23.0 Å². The Morgan fingerprint density at radius 3 is 2.16 bits per heavy atom. The van der Waals surface area contributed by atoms with Crippen molar-refractivity contribution in [3.8, 4) is 23.0 Å². The second kappa shape index (κ2) is 7.66. The van der Waals surface area contributed by atoms with Crippen molar-refractivity contribution in [1.82, 2.24) is 5.32 Å². The lowest BCUT2D eigenvalue weighted by Crippen LogP contribution is -2.31. The Bertz CT molecular complexity index is 745. The smallest absolute Gasteiger partial charge is 0.161 e. The lowest BCUT2D eigenvalue weighted by Gasteiger charge is -2.28. The number of hydrogen-bond acceptors (Lipinski definition) is 5. The van der Waals surface area contributed by atoms with Gasteiger partial charge in [-0.2, -0.15) is 0 Å². The van der Waals surface area contributed by atoms with E-state index in [-0.39, 0.29) is 6.04 Å². The fraction of sp³-hybridized carbons (Fsp3) is 0.400. The number of nitrogens with one attached hydrogen (secondary N) is 1. The molecule has 0 aromatic heterocycles. The number of ether oxygens (including phenoxy) is 4. The molecule has 2 aromatic rings. The van der Waals surface area contributed by atoms with E-state index in [1.54, 1.807) is 28.4 Å². The van der Waals surface area contributed by atoms with Gasteiger partial charge in [-0.05, 0) is 60.3 Å². The number of fused-ring (bicyclic) bond motifs is 1. The molecule has 3 rings (SSSR count). The maximum absolute atomic E-state index is 5.48. The molecule has 1 heterocycles. The first-order chi connectivity index (χ1) is 12.2. The van der Waals surface area contributed by atoms with Crippen molar-refractivity contribution in [2.24, 2.45) is 0 Å². The van der Waals surface area contributed by atoms with Crippen LogP contribution in [0.5, 0.6) is 23.0 Å². The van der Waals surface area contributed by atoms with Crippen LogP contribution in [-0.2, 0) is 12.8 Å². The summed E-state index contributed by atoms with van der Waals surface area (Å²) in [6, 6.07) is 10.5. The Morgan fingerprint density at radius 1 is 0.840 bits per heavy atom. The van der Waals surface area contributed by atoms with Gasteiger partial charge in [0.1, 0.15) is 0 Å². The third-order valence-electron chi connectivity index (χ3n) is 4.69. The van der Waals surface area contributed by atoms with E-state index in [0.717, 1.165) is 42.4 Å². The average molecular weight is 343 g/mol. The van der Waals surface area contributed by atoms with Crippen molar-refractivity contribution in [1.29, 1.82) is 0 Å². The Balaban J connectivity index is 1.90. The van der Waals surface area contributed by atoms with E-state index in [1.165, 1.54) is 16.7 Å². The number of methoxy groups -OCH3 is 4. The maximum Gasteiger partial charge on any atom is 0.161 e. The van der Waals surface area contributed by atoms with Crippen LogP contribution in [0.3, 0.4) is 0 Å². The molecule has 2 aromatic carbocycles. The van der Waals surface area contributed by atoms with Gasteiger partial charge < -0.3 is 24.3 Å². The molecule has 0 amide bonds. The first kappa shape index (κ1) is 17.4. The number of hydrogen-bond donors (Lipinski definition) is 1. The van der Waals surface area contributed by atoms with Crippen LogP contribution in [0, 0.1) is 0 Å². The summed E-state index contributed by atoms with van der Waals surface area (Å²) in [4.78, 5) is 0. The summed E-state index contributed by atoms with van der Waals surface area (Å²) in [5.74, 6) is 3.05. The largest absolute Gasteiger partial charge is 0.493 e. The van der Waals surface area contributed by atoms with Crippen molar-refractivity contribution in [2.75, 3.05) is 35.0 Å². The molecule has 1 atom stereocenters. The lowest BCUT2D eigenvalue weighted by atomic mass is 9.89. The standard InChI is InChI=1S/C20H25NO4/c1-22-17-6-5-13(10-18(17)23-2)9-16-15-12-20(25-4)19(24-3)11-14(15)7-8-21-16/h5-6,10-12,16,21H,7-9H2,1-4H3.